The van der Waals surface area contributed by atoms with Gasteiger partial charge in [-0.3, -0.25) is 4.79 Å². The number of piperidine rings is 1. The lowest BCUT2D eigenvalue weighted by molar-refractivity contribution is -0.126. The molecule has 0 aromatic heterocycles. The maximum absolute atomic E-state index is 13.1. The number of benzene rings is 2. The van der Waals surface area contributed by atoms with Crippen LogP contribution in [0.1, 0.15) is 55.4 Å². The third-order valence-corrected chi connectivity index (χ3v) is 8.68. The summed E-state index contributed by atoms with van der Waals surface area (Å²) in [5.41, 5.74) is 3.57. The van der Waals surface area contributed by atoms with Crippen molar-refractivity contribution in [1.82, 2.24) is 9.62 Å². The molecule has 1 aliphatic carbocycles. The van der Waals surface area contributed by atoms with Gasteiger partial charge in [-0.25, -0.2) is 8.42 Å². The smallest absolute Gasteiger partial charge is 0.243 e. The first-order valence-electron chi connectivity index (χ1n) is 12.0. The molecule has 178 valence electrons. The molecule has 1 amide bonds. The summed E-state index contributed by atoms with van der Waals surface area (Å²) in [5.74, 6) is -0.124. The van der Waals surface area contributed by atoms with Gasteiger partial charge in [0.1, 0.15) is 0 Å². The van der Waals surface area contributed by atoms with Crippen molar-refractivity contribution in [2.75, 3.05) is 26.2 Å². The zero-order chi connectivity index (χ0) is 23.3. The number of hydrogen-bond donors (Lipinski definition) is 1. The summed E-state index contributed by atoms with van der Waals surface area (Å²) in [6.07, 6.45) is 4.96. The van der Waals surface area contributed by atoms with Crippen LogP contribution in [0.2, 0.25) is 0 Å². The number of nitrogens with one attached hydrogen (secondary N) is 1. The molecule has 0 spiro atoms. The van der Waals surface area contributed by atoms with Gasteiger partial charge in [0, 0.05) is 32.2 Å². The van der Waals surface area contributed by atoms with Crippen LogP contribution in [-0.4, -0.2) is 44.9 Å². The number of amides is 1. The van der Waals surface area contributed by atoms with Crippen molar-refractivity contribution >= 4 is 15.9 Å². The van der Waals surface area contributed by atoms with Crippen LogP contribution in [0.3, 0.4) is 0 Å². The van der Waals surface area contributed by atoms with E-state index < -0.39 is 10.0 Å². The van der Waals surface area contributed by atoms with Crippen LogP contribution in [-0.2, 0) is 32.4 Å². The number of nitrogens with zero attached hydrogens (tertiary/aromatic N) is 1. The molecule has 0 saturated carbocycles. The van der Waals surface area contributed by atoms with Crippen LogP contribution in [0, 0.1) is 5.92 Å². The Kier molecular flexibility index (Phi) is 7.83. The van der Waals surface area contributed by atoms with Crippen molar-refractivity contribution in [2.45, 2.75) is 56.4 Å². The van der Waals surface area contributed by atoms with Gasteiger partial charge in [0.05, 0.1) is 11.0 Å². The fraction of sp³-hybridized carbons (Fsp3) is 0.500. The number of aryl methyl sites for hydroxylation is 2. The van der Waals surface area contributed by atoms with Gasteiger partial charge in [-0.15, -0.1) is 0 Å². The molecule has 2 aromatic carbocycles. The molecular formula is C26H34N2O4S. The molecular weight excluding hydrogens is 436 g/mol. The summed E-state index contributed by atoms with van der Waals surface area (Å²) in [5, 5.41) is 2.99. The standard InChI is InChI=1S/C26H34N2O4S/c1-20(21-7-3-2-4-8-21)32-18-6-15-27-26(29)23-13-16-28(17-14-23)33(30,31)25-12-11-22-9-5-10-24(22)19-25/h2-4,7-8,11-12,19-20,23H,5-6,9-10,13-18H2,1H3,(H,27,29). The highest BCUT2D eigenvalue weighted by Gasteiger charge is 2.32. The second kappa shape index (κ2) is 10.8. The topological polar surface area (TPSA) is 75.7 Å². The summed E-state index contributed by atoms with van der Waals surface area (Å²) in [6, 6.07) is 15.6. The van der Waals surface area contributed by atoms with Crippen LogP contribution >= 0.6 is 0 Å². The Labute approximate surface area is 197 Å². The third kappa shape index (κ3) is 5.83. The lowest BCUT2D eigenvalue weighted by Gasteiger charge is -2.30. The molecule has 4 rings (SSSR count). The van der Waals surface area contributed by atoms with Crippen molar-refractivity contribution in [3.63, 3.8) is 0 Å². The SMILES string of the molecule is CC(OCCCNC(=O)C1CCN(S(=O)(=O)c2ccc3c(c2)CCC3)CC1)c1ccccc1. The Hall–Kier alpha value is -2.22. The molecule has 33 heavy (non-hydrogen) atoms. The maximum Gasteiger partial charge on any atom is 0.243 e. The van der Waals surface area contributed by atoms with Crippen molar-refractivity contribution in [3.8, 4) is 0 Å². The number of fused-ring (bicyclic) bond motifs is 1. The summed E-state index contributed by atoms with van der Waals surface area (Å²) in [7, 11) is -3.50. The van der Waals surface area contributed by atoms with Crippen molar-refractivity contribution < 1.29 is 17.9 Å². The zero-order valence-corrected chi connectivity index (χ0v) is 20.1. The van der Waals surface area contributed by atoms with E-state index in [9.17, 15) is 13.2 Å². The van der Waals surface area contributed by atoms with Gasteiger partial charge in [0.15, 0.2) is 0 Å². The molecule has 2 aromatic rings. The Morgan fingerprint density at radius 1 is 1.09 bits per heavy atom. The predicted molar refractivity (Wildman–Crippen MR) is 128 cm³/mol. The van der Waals surface area contributed by atoms with E-state index in [4.69, 9.17) is 4.74 Å². The van der Waals surface area contributed by atoms with Gasteiger partial charge in [-0.2, -0.15) is 4.31 Å². The van der Waals surface area contributed by atoms with Crippen molar-refractivity contribution in [3.05, 3.63) is 65.2 Å². The molecule has 1 heterocycles. The Balaban J connectivity index is 1.18. The van der Waals surface area contributed by atoms with E-state index in [1.807, 2.05) is 49.4 Å². The number of rotatable bonds is 9. The number of carbonyl (C=O) groups is 1. The molecule has 1 unspecified atom stereocenters. The monoisotopic (exact) mass is 470 g/mol. The number of sulfonamides is 1. The van der Waals surface area contributed by atoms with E-state index in [-0.39, 0.29) is 17.9 Å². The first-order chi connectivity index (χ1) is 15.9. The fourth-order valence-corrected chi connectivity index (χ4v) is 6.25. The molecule has 1 atom stereocenters. The molecule has 2 aliphatic rings. The summed E-state index contributed by atoms with van der Waals surface area (Å²) in [4.78, 5) is 12.9. The third-order valence-electron chi connectivity index (χ3n) is 6.79. The van der Waals surface area contributed by atoms with Gasteiger partial charge >= 0.3 is 0 Å². The van der Waals surface area contributed by atoms with E-state index in [2.05, 4.69) is 5.32 Å². The molecule has 1 N–H and O–H groups in total. The molecule has 1 fully saturated rings. The molecule has 6 nitrogen and oxygen atoms in total. The first-order valence-corrected chi connectivity index (χ1v) is 13.5. The minimum Gasteiger partial charge on any atom is -0.374 e. The van der Waals surface area contributed by atoms with Crippen LogP contribution in [0.25, 0.3) is 0 Å². The van der Waals surface area contributed by atoms with Crippen LogP contribution < -0.4 is 5.32 Å². The highest BCUT2D eigenvalue weighted by Crippen LogP contribution is 2.28. The van der Waals surface area contributed by atoms with Gasteiger partial charge < -0.3 is 10.1 Å². The average molecular weight is 471 g/mol. The van der Waals surface area contributed by atoms with Crippen LogP contribution in [0.5, 0.6) is 0 Å². The largest absolute Gasteiger partial charge is 0.374 e. The quantitative estimate of drug-likeness (QED) is 0.565. The minimum absolute atomic E-state index is 0.0145. The van der Waals surface area contributed by atoms with E-state index in [1.54, 1.807) is 6.07 Å². The fourth-order valence-electron chi connectivity index (χ4n) is 4.72. The molecule has 0 bridgehead atoms. The van der Waals surface area contributed by atoms with Gasteiger partial charge in [0.25, 0.3) is 0 Å². The van der Waals surface area contributed by atoms with Gasteiger partial charge in [-0.1, -0.05) is 36.4 Å². The van der Waals surface area contributed by atoms with Crippen molar-refractivity contribution in [1.29, 1.82) is 0 Å². The molecule has 1 saturated heterocycles. The number of hydrogen-bond acceptors (Lipinski definition) is 4. The highest BCUT2D eigenvalue weighted by molar-refractivity contribution is 7.89. The highest BCUT2D eigenvalue weighted by atomic mass is 32.2. The predicted octanol–water partition coefficient (Wildman–Crippen LogP) is 3.86. The van der Waals surface area contributed by atoms with E-state index in [0.29, 0.717) is 44.0 Å². The average Bonchev–Trinajstić information content (AvgIpc) is 3.32. The second-order valence-corrected chi connectivity index (χ2v) is 11.0. The number of ether oxygens (including phenoxy) is 1. The van der Waals surface area contributed by atoms with E-state index in [0.717, 1.165) is 36.8 Å². The Morgan fingerprint density at radius 2 is 1.82 bits per heavy atom. The maximum atomic E-state index is 13.1. The van der Waals surface area contributed by atoms with Crippen molar-refractivity contribution in [2.24, 2.45) is 5.92 Å². The normalized spacial score (nSPS) is 18.1. The van der Waals surface area contributed by atoms with E-state index in [1.165, 1.54) is 9.87 Å². The van der Waals surface area contributed by atoms with Gasteiger partial charge in [0.2, 0.25) is 15.9 Å². The lowest BCUT2D eigenvalue weighted by atomic mass is 9.97. The Morgan fingerprint density at radius 3 is 2.58 bits per heavy atom. The van der Waals surface area contributed by atoms with Crippen LogP contribution in [0.15, 0.2) is 53.4 Å². The molecule has 1 aliphatic heterocycles. The lowest BCUT2D eigenvalue weighted by Crippen LogP contribution is -2.43. The minimum atomic E-state index is -3.50. The van der Waals surface area contributed by atoms with E-state index >= 15 is 0 Å². The second-order valence-electron chi connectivity index (χ2n) is 9.03. The Bertz CT molecular complexity index is 1050. The summed E-state index contributed by atoms with van der Waals surface area (Å²) < 4.78 is 33.5. The number of carbonyl (C=O) groups excluding carboxylic acids is 1. The first kappa shape index (κ1) is 23.9. The summed E-state index contributed by atoms with van der Waals surface area (Å²) in [6.45, 7) is 3.94. The molecule has 7 heteroatoms. The van der Waals surface area contributed by atoms with Crippen LogP contribution in [0.4, 0.5) is 0 Å². The zero-order valence-electron chi connectivity index (χ0n) is 19.3. The molecule has 0 radical (unpaired) electrons. The summed E-state index contributed by atoms with van der Waals surface area (Å²) >= 11 is 0. The van der Waals surface area contributed by atoms with Gasteiger partial charge in [-0.05, 0) is 74.3 Å².